The Labute approximate surface area is 161 Å². The molecule has 0 aliphatic rings. The van der Waals surface area contributed by atoms with Gasteiger partial charge in [-0.2, -0.15) is 0 Å². The van der Waals surface area contributed by atoms with Gasteiger partial charge in [0.15, 0.2) is 0 Å². The van der Waals surface area contributed by atoms with Crippen LogP contribution in [-0.4, -0.2) is 28.2 Å². The molecule has 0 aliphatic carbocycles. The minimum atomic E-state index is -0.244. The zero-order valence-electron chi connectivity index (χ0n) is 15.2. The average molecular weight is 388 g/mol. The molecular formula is C19H21N3O2S2. The molecule has 0 saturated carbocycles. The third-order valence-corrected chi connectivity index (χ3v) is 6.43. The second-order valence-corrected chi connectivity index (χ2v) is 8.50. The van der Waals surface area contributed by atoms with E-state index in [2.05, 4.69) is 29.1 Å². The summed E-state index contributed by atoms with van der Waals surface area (Å²) >= 11 is 3.14. The number of ether oxygens (including phenoxy) is 1. The SMILES string of the molecule is COc1ccc(CNC(=O)[C@H](C)Sc2ncnc3sc(C)c(C)c23)cc1. The summed E-state index contributed by atoms with van der Waals surface area (Å²) in [6, 6.07) is 7.67. The van der Waals surface area contributed by atoms with E-state index in [1.165, 1.54) is 22.2 Å². The van der Waals surface area contributed by atoms with Crippen molar-refractivity contribution >= 4 is 39.2 Å². The maximum atomic E-state index is 12.5. The zero-order chi connectivity index (χ0) is 18.7. The Morgan fingerprint density at radius 1 is 1.27 bits per heavy atom. The summed E-state index contributed by atoms with van der Waals surface area (Å²) in [5, 5.41) is 4.67. The molecule has 0 aliphatic heterocycles. The third kappa shape index (κ3) is 3.99. The van der Waals surface area contributed by atoms with Crippen molar-refractivity contribution in [3.63, 3.8) is 0 Å². The molecule has 0 unspecified atom stereocenters. The van der Waals surface area contributed by atoms with Crippen LogP contribution < -0.4 is 10.1 Å². The number of hydrogen-bond acceptors (Lipinski definition) is 6. The quantitative estimate of drug-likeness (QED) is 0.509. The lowest BCUT2D eigenvalue weighted by atomic mass is 10.2. The minimum absolute atomic E-state index is 0.0119. The highest BCUT2D eigenvalue weighted by molar-refractivity contribution is 8.00. The first kappa shape index (κ1) is 18.7. The number of aromatic nitrogens is 2. The molecule has 0 fully saturated rings. The number of aryl methyl sites for hydroxylation is 2. The predicted molar refractivity (Wildman–Crippen MR) is 107 cm³/mol. The molecule has 1 N–H and O–H groups in total. The molecule has 5 nitrogen and oxygen atoms in total. The van der Waals surface area contributed by atoms with E-state index in [1.807, 2.05) is 31.2 Å². The molecule has 0 spiro atoms. The molecule has 1 amide bonds. The van der Waals surface area contributed by atoms with Crippen molar-refractivity contribution in [3.8, 4) is 5.75 Å². The summed E-state index contributed by atoms with van der Waals surface area (Å²) < 4.78 is 5.14. The van der Waals surface area contributed by atoms with Gasteiger partial charge in [-0.3, -0.25) is 4.79 Å². The predicted octanol–water partition coefficient (Wildman–Crippen LogP) is 4.11. The largest absolute Gasteiger partial charge is 0.497 e. The number of carbonyl (C=O) groups is 1. The van der Waals surface area contributed by atoms with Crippen molar-refractivity contribution in [2.24, 2.45) is 0 Å². The molecule has 7 heteroatoms. The number of nitrogens with one attached hydrogen (secondary N) is 1. The number of thiophene rings is 1. The van der Waals surface area contributed by atoms with Crippen LogP contribution in [-0.2, 0) is 11.3 Å². The maximum Gasteiger partial charge on any atom is 0.233 e. The molecule has 0 saturated heterocycles. The van der Waals surface area contributed by atoms with E-state index < -0.39 is 0 Å². The lowest BCUT2D eigenvalue weighted by molar-refractivity contribution is -0.120. The highest BCUT2D eigenvalue weighted by atomic mass is 32.2. The Morgan fingerprint density at radius 3 is 2.69 bits per heavy atom. The molecule has 3 rings (SSSR count). The van der Waals surface area contributed by atoms with E-state index in [4.69, 9.17) is 4.74 Å². The Balaban J connectivity index is 1.66. The highest BCUT2D eigenvalue weighted by Gasteiger charge is 2.19. The molecule has 136 valence electrons. The van der Waals surface area contributed by atoms with Crippen LogP contribution in [0.3, 0.4) is 0 Å². The van der Waals surface area contributed by atoms with Gasteiger partial charge in [-0.1, -0.05) is 23.9 Å². The van der Waals surface area contributed by atoms with E-state index in [1.54, 1.807) is 24.8 Å². The standard InChI is InChI=1S/C19H21N3O2S2/c1-11-12(2)25-18-16(11)19(22-10-21-18)26-13(3)17(23)20-9-14-5-7-15(24-4)8-6-14/h5-8,10,13H,9H2,1-4H3,(H,20,23)/t13-/m0/s1. The first-order valence-corrected chi connectivity index (χ1v) is 9.97. The number of amides is 1. The van der Waals surface area contributed by atoms with E-state index in [0.717, 1.165) is 26.6 Å². The topological polar surface area (TPSA) is 64.1 Å². The van der Waals surface area contributed by atoms with E-state index in [0.29, 0.717) is 6.54 Å². The van der Waals surface area contributed by atoms with Crippen LogP contribution in [0.1, 0.15) is 22.9 Å². The summed E-state index contributed by atoms with van der Waals surface area (Å²) in [6.45, 7) is 6.55. The molecule has 2 heterocycles. The van der Waals surface area contributed by atoms with E-state index >= 15 is 0 Å². The monoisotopic (exact) mass is 387 g/mol. The number of nitrogens with zero attached hydrogens (tertiary/aromatic N) is 2. The first-order chi connectivity index (χ1) is 12.5. The Hall–Kier alpha value is -2.12. The van der Waals surface area contributed by atoms with Gasteiger partial charge in [0.1, 0.15) is 21.9 Å². The molecule has 2 aromatic heterocycles. The number of hydrogen-bond donors (Lipinski definition) is 1. The fourth-order valence-electron chi connectivity index (χ4n) is 2.54. The molecule has 3 aromatic rings. The second kappa shape index (κ2) is 8.05. The van der Waals surface area contributed by atoms with Gasteiger partial charge in [0, 0.05) is 16.8 Å². The van der Waals surface area contributed by atoms with E-state index in [9.17, 15) is 4.79 Å². The van der Waals surface area contributed by atoms with Gasteiger partial charge in [0.2, 0.25) is 5.91 Å². The Bertz CT molecular complexity index is 922. The number of benzene rings is 1. The average Bonchev–Trinajstić information content (AvgIpc) is 2.95. The van der Waals surface area contributed by atoms with E-state index in [-0.39, 0.29) is 11.2 Å². The summed E-state index contributed by atoms with van der Waals surface area (Å²) in [6.07, 6.45) is 1.57. The molecule has 26 heavy (non-hydrogen) atoms. The van der Waals surface area contributed by atoms with Gasteiger partial charge in [0.25, 0.3) is 0 Å². The molecular weight excluding hydrogens is 366 g/mol. The van der Waals surface area contributed by atoms with Crippen LogP contribution in [0.25, 0.3) is 10.2 Å². The zero-order valence-corrected chi connectivity index (χ0v) is 16.8. The lowest BCUT2D eigenvalue weighted by Gasteiger charge is -2.12. The van der Waals surface area contributed by atoms with Gasteiger partial charge < -0.3 is 10.1 Å². The Morgan fingerprint density at radius 2 is 2.00 bits per heavy atom. The van der Waals surface area contributed by atoms with Crippen molar-refractivity contribution in [1.29, 1.82) is 0 Å². The van der Waals surface area contributed by atoms with Crippen LogP contribution in [0.4, 0.5) is 0 Å². The van der Waals surface area contributed by atoms with Crippen molar-refractivity contribution in [2.45, 2.75) is 37.6 Å². The smallest absolute Gasteiger partial charge is 0.233 e. The molecule has 0 radical (unpaired) electrons. The molecule has 1 aromatic carbocycles. The van der Waals surface area contributed by atoms with Crippen molar-refractivity contribution in [2.75, 3.05) is 7.11 Å². The second-order valence-electron chi connectivity index (χ2n) is 5.97. The van der Waals surface area contributed by atoms with Crippen LogP contribution in [0.5, 0.6) is 5.75 Å². The van der Waals surface area contributed by atoms with Crippen LogP contribution >= 0.6 is 23.1 Å². The number of fused-ring (bicyclic) bond motifs is 1. The molecule has 1 atom stereocenters. The number of thioether (sulfide) groups is 1. The summed E-state index contributed by atoms with van der Waals surface area (Å²) in [5.41, 5.74) is 2.23. The normalized spacial score (nSPS) is 12.2. The van der Waals surface area contributed by atoms with Crippen LogP contribution in [0, 0.1) is 13.8 Å². The number of carbonyl (C=O) groups excluding carboxylic acids is 1. The highest BCUT2D eigenvalue weighted by Crippen LogP contribution is 2.35. The Kier molecular flexibility index (Phi) is 5.78. The van der Waals surface area contributed by atoms with Gasteiger partial charge >= 0.3 is 0 Å². The summed E-state index contributed by atoms with van der Waals surface area (Å²) in [4.78, 5) is 23.4. The van der Waals surface area contributed by atoms with Crippen molar-refractivity contribution < 1.29 is 9.53 Å². The van der Waals surface area contributed by atoms with Gasteiger partial charge in [-0.25, -0.2) is 9.97 Å². The molecule has 0 bridgehead atoms. The fraction of sp³-hybridized carbons (Fsp3) is 0.316. The number of methoxy groups -OCH3 is 1. The van der Waals surface area contributed by atoms with Gasteiger partial charge in [-0.15, -0.1) is 11.3 Å². The maximum absolute atomic E-state index is 12.5. The summed E-state index contributed by atoms with van der Waals surface area (Å²) in [7, 11) is 1.64. The first-order valence-electron chi connectivity index (χ1n) is 8.27. The minimum Gasteiger partial charge on any atom is -0.497 e. The van der Waals surface area contributed by atoms with Gasteiger partial charge in [-0.05, 0) is 44.0 Å². The van der Waals surface area contributed by atoms with Crippen molar-refractivity contribution in [1.82, 2.24) is 15.3 Å². The summed E-state index contributed by atoms with van der Waals surface area (Å²) in [5.74, 6) is 0.792. The fourth-order valence-corrected chi connectivity index (χ4v) is 4.60. The van der Waals surface area contributed by atoms with Crippen LogP contribution in [0.15, 0.2) is 35.6 Å². The number of rotatable bonds is 6. The lowest BCUT2D eigenvalue weighted by Crippen LogP contribution is -2.30. The van der Waals surface area contributed by atoms with Gasteiger partial charge in [0.05, 0.1) is 12.4 Å². The van der Waals surface area contributed by atoms with Crippen LogP contribution in [0.2, 0.25) is 0 Å². The third-order valence-electron chi connectivity index (χ3n) is 4.21. The van der Waals surface area contributed by atoms with Crippen molar-refractivity contribution in [3.05, 3.63) is 46.6 Å².